The van der Waals surface area contributed by atoms with Crippen LogP contribution in [0.1, 0.15) is 367 Å². The first kappa shape index (κ1) is 74.4. The monoisotopic (exact) mass is 1080 g/mol. The summed E-state index contributed by atoms with van der Waals surface area (Å²) in [5.74, 6) is -0.867. The molecule has 1 unspecified atom stereocenters. The Bertz CT molecular complexity index is 1330. The van der Waals surface area contributed by atoms with E-state index in [0.717, 1.165) is 83.5 Å². The van der Waals surface area contributed by atoms with Gasteiger partial charge in [0.1, 0.15) is 13.2 Å². The normalized spacial score (nSPS) is 12.3. The van der Waals surface area contributed by atoms with Gasteiger partial charge in [-0.25, -0.2) is 0 Å². The van der Waals surface area contributed by atoms with E-state index < -0.39 is 6.10 Å². The number of ether oxygens (including phenoxy) is 3. The number of unbranched alkanes of at least 4 members (excludes halogenated alkanes) is 44. The van der Waals surface area contributed by atoms with Crippen molar-refractivity contribution < 1.29 is 28.6 Å². The molecule has 0 fully saturated rings. The zero-order valence-electron chi connectivity index (χ0n) is 51.7. The Morgan fingerprint density at radius 3 is 0.753 bits per heavy atom. The quantitative estimate of drug-likeness (QED) is 0.0261. The first-order chi connectivity index (χ1) is 38.0. The Labute approximate surface area is 479 Å². The molecule has 1 atom stereocenters. The van der Waals surface area contributed by atoms with Gasteiger partial charge in [-0.3, -0.25) is 14.4 Å². The van der Waals surface area contributed by atoms with E-state index in [1.165, 1.54) is 244 Å². The average Bonchev–Trinajstić information content (AvgIpc) is 3.43. The number of carbonyl (C=O) groups is 3. The molecule has 0 spiro atoms. The molecule has 450 valence electrons. The molecule has 0 aromatic carbocycles. The van der Waals surface area contributed by atoms with Crippen molar-refractivity contribution in [1.29, 1.82) is 0 Å². The van der Waals surface area contributed by atoms with Crippen LogP contribution in [0.2, 0.25) is 0 Å². The Hall–Kier alpha value is -2.63. The van der Waals surface area contributed by atoms with Crippen LogP contribution in [0.4, 0.5) is 0 Å². The molecule has 6 heteroatoms. The van der Waals surface area contributed by atoms with Crippen LogP contribution in [0.15, 0.2) is 48.6 Å². The van der Waals surface area contributed by atoms with Gasteiger partial charge in [-0.15, -0.1) is 0 Å². The number of carbonyl (C=O) groups excluding carboxylic acids is 3. The highest BCUT2D eigenvalue weighted by atomic mass is 16.6. The van der Waals surface area contributed by atoms with Gasteiger partial charge in [0, 0.05) is 19.3 Å². The molecule has 0 heterocycles. The predicted molar refractivity (Wildman–Crippen MR) is 335 cm³/mol. The van der Waals surface area contributed by atoms with E-state index in [1.807, 2.05) is 0 Å². The smallest absolute Gasteiger partial charge is 0.306 e. The molecule has 6 nitrogen and oxygen atoms in total. The lowest BCUT2D eigenvalue weighted by molar-refractivity contribution is -0.167. The van der Waals surface area contributed by atoms with Gasteiger partial charge in [0.05, 0.1) is 0 Å². The van der Waals surface area contributed by atoms with Crippen LogP contribution in [-0.4, -0.2) is 37.2 Å². The third-order valence-electron chi connectivity index (χ3n) is 15.3. The summed E-state index contributed by atoms with van der Waals surface area (Å²) in [6.45, 7) is 6.64. The summed E-state index contributed by atoms with van der Waals surface area (Å²) < 4.78 is 17.0. The van der Waals surface area contributed by atoms with Gasteiger partial charge in [-0.1, -0.05) is 320 Å². The highest BCUT2D eigenvalue weighted by Crippen LogP contribution is 2.18. The largest absolute Gasteiger partial charge is 0.462 e. The number of allylic oxidation sites excluding steroid dienone is 8. The third-order valence-corrected chi connectivity index (χ3v) is 15.3. The molecular weight excluding hydrogens is 949 g/mol. The summed E-state index contributed by atoms with van der Waals surface area (Å²) in [5.41, 5.74) is 0. The van der Waals surface area contributed by atoms with Crippen molar-refractivity contribution in [1.82, 2.24) is 0 Å². The van der Waals surface area contributed by atoms with Crippen molar-refractivity contribution in [3.8, 4) is 0 Å². The predicted octanol–water partition coefficient (Wildman–Crippen LogP) is 23.3. The zero-order chi connectivity index (χ0) is 55.7. The van der Waals surface area contributed by atoms with Crippen LogP contribution in [0.25, 0.3) is 0 Å². The van der Waals surface area contributed by atoms with Crippen molar-refractivity contribution >= 4 is 17.9 Å². The van der Waals surface area contributed by atoms with Gasteiger partial charge in [-0.2, -0.15) is 0 Å². The van der Waals surface area contributed by atoms with E-state index >= 15 is 0 Å². The molecule has 0 amide bonds. The second kappa shape index (κ2) is 65.9. The molecule has 0 aliphatic carbocycles. The van der Waals surface area contributed by atoms with Crippen LogP contribution in [0, 0.1) is 0 Å². The summed E-state index contributed by atoms with van der Waals surface area (Å²) in [4.78, 5) is 38.4. The number of hydrogen-bond acceptors (Lipinski definition) is 6. The van der Waals surface area contributed by atoms with Crippen molar-refractivity contribution in [2.75, 3.05) is 13.2 Å². The van der Waals surface area contributed by atoms with Crippen LogP contribution >= 0.6 is 0 Å². The molecule has 0 N–H and O–H groups in total. The minimum Gasteiger partial charge on any atom is -0.462 e. The molecule has 77 heavy (non-hydrogen) atoms. The van der Waals surface area contributed by atoms with E-state index in [1.54, 1.807) is 0 Å². The first-order valence-electron chi connectivity index (χ1n) is 34.1. The van der Waals surface area contributed by atoms with Crippen LogP contribution in [0.3, 0.4) is 0 Å². The summed E-state index contributed by atoms with van der Waals surface area (Å²) in [5, 5.41) is 0. The lowest BCUT2D eigenvalue weighted by atomic mass is 10.0. The minimum absolute atomic E-state index is 0.0749. The number of hydrogen-bond donors (Lipinski definition) is 0. The van der Waals surface area contributed by atoms with Gasteiger partial charge in [0.15, 0.2) is 6.10 Å². The standard InChI is InChI=1S/C71H130O6/c1-4-7-10-13-16-19-22-25-28-30-32-34-36-38-39-41-43-46-49-52-55-58-61-64-70(73)76-67-68(66-75-69(72)63-60-57-54-51-48-45-27-24-21-18-15-12-9-6-3)77-71(74)65-62-59-56-53-50-47-44-42-40-37-35-33-31-29-26-23-20-17-14-11-8-5-2/h15,18,22,24-25,27,30,32,68H,4-14,16-17,19-21,23,26,28-29,31,33-67H2,1-3H3/b18-15-,25-22-,27-24-,32-30-. The molecule has 0 saturated carbocycles. The SMILES string of the molecule is CCCC/C=C\C/C=C\CCCCCCCC(=O)OCC(COC(=O)CCCCCCCCCCCCC/C=C\C/C=C\CCCCCCC)OC(=O)CCCCCCCCCCCCCCCCCCCCCCCC. The Morgan fingerprint density at radius 1 is 0.260 bits per heavy atom. The maximum absolute atomic E-state index is 12.9. The molecule has 0 aliphatic rings. The van der Waals surface area contributed by atoms with E-state index in [4.69, 9.17) is 14.2 Å². The second-order valence-corrected chi connectivity index (χ2v) is 23.1. The van der Waals surface area contributed by atoms with Gasteiger partial charge >= 0.3 is 17.9 Å². The summed E-state index contributed by atoms with van der Waals surface area (Å²) in [7, 11) is 0. The van der Waals surface area contributed by atoms with E-state index in [2.05, 4.69) is 69.4 Å². The molecular formula is C71H130O6. The van der Waals surface area contributed by atoms with E-state index in [-0.39, 0.29) is 31.1 Å². The molecule has 0 aliphatic heterocycles. The highest BCUT2D eigenvalue weighted by Gasteiger charge is 2.19. The fourth-order valence-electron chi connectivity index (χ4n) is 10.1. The topological polar surface area (TPSA) is 78.9 Å². The minimum atomic E-state index is -0.779. The fourth-order valence-corrected chi connectivity index (χ4v) is 10.1. The lowest BCUT2D eigenvalue weighted by Crippen LogP contribution is -2.30. The maximum Gasteiger partial charge on any atom is 0.306 e. The molecule has 0 saturated heterocycles. The van der Waals surface area contributed by atoms with Gasteiger partial charge in [0.25, 0.3) is 0 Å². The molecule has 0 rings (SSSR count). The summed E-state index contributed by atoms with van der Waals surface area (Å²) in [6.07, 6.45) is 82.7. The Balaban J connectivity index is 4.29. The maximum atomic E-state index is 12.9. The molecule has 0 radical (unpaired) electrons. The van der Waals surface area contributed by atoms with Gasteiger partial charge < -0.3 is 14.2 Å². The van der Waals surface area contributed by atoms with E-state index in [9.17, 15) is 14.4 Å². The summed E-state index contributed by atoms with van der Waals surface area (Å²) >= 11 is 0. The fraction of sp³-hybridized carbons (Fsp3) is 0.845. The van der Waals surface area contributed by atoms with Gasteiger partial charge in [-0.05, 0) is 77.0 Å². The highest BCUT2D eigenvalue weighted by molar-refractivity contribution is 5.71. The van der Waals surface area contributed by atoms with E-state index in [0.29, 0.717) is 19.3 Å². The van der Waals surface area contributed by atoms with Crippen LogP contribution in [-0.2, 0) is 28.6 Å². The van der Waals surface area contributed by atoms with Crippen LogP contribution in [0.5, 0.6) is 0 Å². The lowest BCUT2D eigenvalue weighted by Gasteiger charge is -2.18. The summed E-state index contributed by atoms with van der Waals surface area (Å²) in [6, 6.07) is 0. The van der Waals surface area contributed by atoms with Crippen LogP contribution < -0.4 is 0 Å². The average molecular weight is 1080 g/mol. The zero-order valence-corrected chi connectivity index (χ0v) is 51.7. The number of esters is 3. The molecule has 0 aromatic heterocycles. The first-order valence-corrected chi connectivity index (χ1v) is 34.1. The van der Waals surface area contributed by atoms with Crippen molar-refractivity contribution in [2.24, 2.45) is 0 Å². The second-order valence-electron chi connectivity index (χ2n) is 23.1. The molecule has 0 aromatic rings. The molecule has 0 bridgehead atoms. The van der Waals surface area contributed by atoms with Gasteiger partial charge in [0.2, 0.25) is 0 Å². The Kier molecular flexibility index (Phi) is 63.6. The Morgan fingerprint density at radius 2 is 0.481 bits per heavy atom. The number of rotatable bonds is 63. The van der Waals surface area contributed by atoms with Crippen molar-refractivity contribution in [3.05, 3.63) is 48.6 Å². The van der Waals surface area contributed by atoms with Crippen molar-refractivity contribution in [3.63, 3.8) is 0 Å². The third kappa shape index (κ3) is 64.1. The van der Waals surface area contributed by atoms with Crippen molar-refractivity contribution in [2.45, 2.75) is 374 Å².